The molecule has 1 saturated carbocycles. The Morgan fingerprint density at radius 1 is 1.13 bits per heavy atom. The van der Waals surface area contributed by atoms with Gasteiger partial charge >= 0.3 is 0 Å². The molecule has 0 aromatic carbocycles. The molecule has 3 aliphatic rings. The number of carbonyl (C=O) groups is 1. The summed E-state index contributed by atoms with van der Waals surface area (Å²) in [4.78, 5) is 26.0. The first kappa shape index (κ1) is 14.9. The Morgan fingerprint density at radius 2 is 2.00 bits per heavy atom. The average Bonchev–Trinajstić information content (AvgIpc) is 3.11. The van der Waals surface area contributed by atoms with Gasteiger partial charge in [0.25, 0.3) is 0 Å². The van der Waals surface area contributed by atoms with Gasteiger partial charge in [0.15, 0.2) is 0 Å². The van der Waals surface area contributed by atoms with E-state index in [1.807, 2.05) is 6.07 Å². The van der Waals surface area contributed by atoms with E-state index in [-0.39, 0.29) is 12.0 Å². The molecular formula is C17H24N4O2. The maximum absolute atomic E-state index is 13.1. The molecule has 0 spiro atoms. The number of anilines is 1. The van der Waals surface area contributed by atoms with Crippen molar-refractivity contribution in [3.63, 3.8) is 0 Å². The van der Waals surface area contributed by atoms with E-state index >= 15 is 0 Å². The van der Waals surface area contributed by atoms with Crippen LogP contribution in [-0.2, 0) is 9.53 Å². The molecule has 1 aliphatic carbocycles. The molecule has 4 rings (SSSR count). The van der Waals surface area contributed by atoms with Crippen LogP contribution in [-0.4, -0.2) is 59.2 Å². The van der Waals surface area contributed by atoms with E-state index in [1.54, 1.807) is 12.4 Å². The fraction of sp³-hybridized carbons (Fsp3) is 0.706. The van der Waals surface area contributed by atoms with Crippen molar-refractivity contribution in [2.24, 2.45) is 5.92 Å². The van der Waals surface area contributed by atoms with Crippen LogP contribution in [0.2, 0.25) is 0 Å². The van der Waals surface area contributed by atoms with Gasteiger partial charge in [-0.15, -0.1) is 0 Å². The smallest absolute Gasteiger partial charge is 0.227 e. The summed E-state index contributed by atoms with van der Waals surface area (Å²) in [6.07, 6.45) is 9.15. The van der Waals surface area contributed by atoms with E-state index < -0.39 is 0 Å². The third kappa shape index (κ3) is 2.92. The zero-order valence-electron chi connectivity index (χ0n) is 13.4. The normalized spacial score (nSPS) is 31.0. The van der Waals surface area contributed by atoms with Crippen molar-refractivity contribution < 1.29 is 9.53 Å². The van der Waals surface area contributed by atoms with Crippen molar-refractivity contribution in [2.75, 3.05) is 31.1 Å². The van der Waals surface area contributed by atoms with E-state index in [4.69, 9.17) is 4.74 Å². The molecule has 0 N–H and O–H groups in total. The number of hydrogen-bond acceptors (Lipinski definition) is 5. The van der Waals surface area contributed by atoms with E-state index in [0.717, 1.165) is 51.3 Å². The van der Waals surface area contributed by atoms with Gasteiger partial charge in [-0.2, -0.15) is 0 Å². The Kier molecular flexibility index (Phi) is 4.16. The van der Waals surface area contributed by atoms with Crippen LogP contribution in [0, 0.1) is 5.92 Å². The second-order valence-corrected chi connectivity index (χ2v) is 6.77. The summed E-state index contributed by atoms with van der Waals surface area (Å²) in [6, 6.07) is 2.13. The maximum Gasteiger partial charge on any atom is 0.227 e. The minimum atomic E-state index is 0.0620. The fourth-order valence-electron chi connectivity index (χ4n) is 4.25. The highest BCUT2D eigenvalue weighted by atomic mass is 16.5. The highest BCUT2D eigenvalue weighted by molar-refractivity contribution is 5.80. The highest BCUT2D eigenvalue weighted by Gasteiger charge is 2.41. The molecule has 6 heteroatoms. The first-order chi connectivity index (χ1) is 11.3. The summed E-state index contributed by atoms with van der Waals surface area (Å²) in [5.41, 5.74) is 0. The van der Waals surface area contributed by atoms with Gasteiger partial charge in [0.1, 0.15) is 0 Å². The Hall–Kier alpha value is -1.69. The van der Waals surface area contributed by atoms with Crippen LogP contribution < -0.4 is 4.90 Å². The van der Waals surface area contributed by atoms with Crippen molar-refractivity contribution in [3.05, 3.63) is 18.5 Å². The van der Waals surface area contributed by atoms with E-state index in [0.29, 0.717) is 18.6 Å². The van der Waals surface area contributed by atoms with Crippen LogP contribution in [0.1, 0.15) is 32.1 Å². The van der Waals surface area contributed by atoms with Crippen LogP contribution in [0.3, 0.4) is 0 Å². The van der Waals surface area contributed by atoms with Gasteiger partial charge in [-0.3, -0.25) is 4.79 Å². The number of carbonyl (C=O) groups excluding carboxylic acids is 1. The molecule has 1 amide bonds. The minimum Gasteiger partial charge on any atom is -0.374 e. The third-order valence-electron chi connectivity index (χ3n) is 5.37. The number of aromatic nitrogens is 2. The molecule has 0 bridgehead atoms. The lowest BCUT2D eigenvalue weighted by Gasteiger charge is -2.41. The molecule has 3 fully saturated rings. The summed E-state index contributed by atoms with van der Waals surface area (Å²) < 4.78 is 5.84. The second-order valence-electron chi connectivity index (χ2n) is 6.77. The second kappa shape index (κ2) is 6.43. The zero-order valence-corrected chi connectivity index (χ0v) is 13.4. The SMILES string of the molecule is O=C([C@@H]1CCCN(c2ncccn2)C1)N1CCO[C@@H]2CCC[C@H]21. The molecule has 1 aromatic rings. The lowest BCUT2D eigenvalue weighted by molar-refractivity contribution is -0.148. The molecule has 3 heterocycles. The topological polar surface area (TPSA) is 58.6 Å². The molecular weight excluding hydrogens is 292 g/mol. The predicted molar refractivity (Wildman–Crippen MR) is 86.1 cm³/mol. The van der Waals surface area contributed by atoms with Crippen molar-refractivity contribution in [1.82, 2.24) is 14.9 Å². The minimum absolute atomic E-state index is 0.0620. The summed E-state index contributed by atoms with van der Waals surface area (Å²) >= 11 is 0. The van der Waals surface area contributed by atoms with Gasteiger partial charge in [-0.05, 0) is 38.2 Å². The number of ether oxygens (including phenoxy) is 1. The molecule has 0 radical (unpaired) electrons. The summed E-state index contributed by atoms with van der Waals surface area (Å²) in [7, 11) is 0. The van der Waals surface area contributed by atoms with Crippen LogP contribution in [0.5, 0.6) is 0 Å². The molecule has 2 saturated heterocycles. The van der Waals surface area contributed by atoms with Gasteiger partial charge in [-0.25, -0.2) is 9.97 Å². The summed E-state index contributed by atoms with van der Waals surface area (Å²) in [5, 5.41) is 0. The third-order valence-corrected chi connectivity index (χ3v) is 5.37. The van der Waals surface area contributed by atoms with Crippen LogP contribution in [0.15, 0.2) is 18.5 Å². The Balaban J connectivity index is 1.45. The molecule has 124 valence electrons. The Morgan fingerprint density at radius 3 is 2.87 bits per heavy atom. The molecule has 2 aliphatic heterocycles. The Bertz CT molecular complexity index is 553. The van der Waals surface area contributed by atoms with Crippen LogP contribution in [0.4, 0.5) is 5.95 Å². The number of hydrogen-bond donors (Lipinski definition) is 0. The molecule has 3 atom stereocenters. The molecule has 6 nitrogen and oxygen atoms in total. The summed E-state index contributed by atoms with van der Waals surface area (Å²) in [5.74, 6) is 1.11. The van der Waals surface area contributed by atoms with Crippen molar-refractivity contribution in [3.8, 4) is 0 Å². The lowest BCUT2D eigenvalue weighted by Crippen LogP contribution is -2.55. The summed E-state index contributed by atoms with van der Waals surface area (Å²) in [6.45, 7) is 3.10. The van der Waals surface area contributed by atoms with Crippen molar-refractivity contribution >= 4 is 11.9 Å². The van der Waals surface area contributed by atoms with E-state index in [1.165, 1.54) is 6.42 Å². The van der Waals surface area contributed by atoms with Crippen LogP contribution >= 0.6 is 0 Å². The number of rotatable bonds is 2. The van der Waals surface area contributed by atoms with Crippen molar-refractivity contribution in [1.29, 1.82) is 0 Å². The fourth-order valence-corrected chi connectivity index (χ4v) is 4.25. The number of piperidine rings is 1. The first-order valence-electron chi connectivity index (χ1n) is 8.77. The predicted octanol–water partition coefficient (Wildman–Crippen LogP) is 1.47. The Labute approximate surface area is 136 Å². The van der Waals surface area contributed by atoms with E-state index in [2.05, 4.69) is 19.8 Å². The maximum atomic E-state index is 13.1. The lowest BCUT2D eigenvalue weighted by atomic mass is 9.95. The van der Waals surface area contributed by atoms with Gasteiger partial charge in [-0.1, -0.05) is 0 Å². The van der Waals surface area contributed by atoms with Gasteiger partial charge in [0.05, 0.1) is 24.7 Å². The zero-order chi connectivity index (χ0) is 15.6. The molecule has 0 unspecified atom stereocenters. The van der Waals surface area contributed by atoms with E-state index in [9.17, 15) is 4.79 Å². The van der Waals surface area contributed by atoms with Crippen molar-refractivity contribution in [2.45, 2.75) is 44.2 Å². The number of morpholine rings is 1. The first-order valence-corrected chi connectivity index (χ1v) is 8.77. The largest absolute Gasteiger partial charge is 0.374 e. The number of nitrogens with zero attached hydrogens (tertiary/aromatic N) is 4. The highest BCUT2D eigenvalue weighted by Crippen LogP contribution is 2.32. The monoisotopic (exact) mass is 316 g/mol. The van der Waals surface area contributed by atoms with Gasteiger partial charge < -0.3 is 14.5 Å². The van der Waals surface area contributed by atoms with Gasteiger partial charge in [0.2, 0.25) is 11.9 Å². The number of amides is 1. The number of fused-ring (bicyclic) bond motifs is 1. The van der Waals surface area contributed by atoms with Crippen LogP contribution in [0.25, 0.3) is 0 Å². The molecule has 23 heavy (non-hydrogen) atoms. The average molecular weight is 316 g/mol. The van der Waals surface area contributed by atoms with Gasteiger partial charge in [0, 0.05) is 32.0 Å². The molecule has 1 aromatic heterocycles. The standard InChI is InChI=1S/C17H24N4O2/c22-16(21-10-11-23-15-6-1-5-14(15)21)13-4-2-9-20(12-13)17-18-7-3-8-19-17/h3,7-8,13-15H,1-2,4-6,9-12H2/t13-,14-,15-/m1/s1. The quantitative estimate of drug-likeness (QED) is 0.827.